The zero-order valence-electron chi connectivity index (χ0n) is 11.2. The van der Waals surface area contributed by atoms with E-state index in [1.165, 1.54) is 0 Å². The SMILES string of the molecule is N[C@@H]1CCC[C@@H](CNC(=O)OCc2ccccc2)C1. The van der Waals surface area contributed by atoms with Gasteiger partial charge in [-0.15, -0.1) is 0 Å². The lowest BCUT2D eigenvalue weighted by molar-refractivity contribution is 0.136. The van der Waals surface area contributed by atoms with Gasteiger partial charge >= 0.3 is 6.09 Å². The largest absolute Gasteiger partial charge is 0.445 e. The van der Waals surface area contributed by atoms with Crippen LogP contribution in [0, 0.1) is 5.92 Å². The summed E-state index contributed by atoms with van der Waals surface area (Å²) in [6, 6.07) is 9.97. The summed E-state index contributed by atoms with van der Waals surface area (Å²) in [5.74, 6) is 0.494. The maximum Gasteiger partial charge on any atom is 0.407 e. The van der Waals surface area contributed by atoms with Crippen LogP contribution >= 0.6 is 0 Å². The second kappa shape index (κ2) is 7.14. The lowest BCUT2D eigenvalue weighted by atomic mass is 9.86. The number of carbonyl (C=O) groups is 1. The molecule has 0 radical (unpaired) electrons. The molecule has 104 valence electrons. The van der Waals surface area contributed by atoms with Gasteiger partial charge in [0.1, 0.15) is 6.61 Å². The number of hydrogen-bond acceptors (Lipinski definition) is 3. The van der Waals surface area contributed by atoms with E-state index in [1.807, 2.05) is 30.3 Å². The number of amides is 1. The molecule has 0 bridgehead atoms. The minimum Gasteiger partial charge on any atom is -0.445 e. The molecule has 1 aliphatic rings. The van der Waals surface area contributed by atoms with E-state index in [0.29, 0.717) is 25.1 Å². The van der Waals surface area contributed by atoms with Crippen molar-refractivity contribution in [1.29, 1.82) is 0 Å². The fraction of sp³-hybridized carbons (Fsp3) is 0.533. The summed E-state index contributed by atoms with van der Waals surface area (Å²) >= 11 is 0. The normalized spacial score (nSPS) is 22.8. The van der Waals surface area contributed by atoms with Gasteiger partial charge in [0.2, 0.25) is 0 Å². The van der Waals surface area contributed by atoms with Crippen molar-refractivity contribution >= 4 is 6.09 Å². The van der Waals surface area contributed by atoms with E-state index in [0.717, 1.165) is 31.2 Å². The van der Waals surface area contributed by atoms with E-state index in [-0.39, 0.29) is 6.09 Å². The molecule has 1 saturated carbocycles. The molecule has 2 rings (SSSR count). The van der Waals surface area contributed by atoms with E-state index in [2.05, 4.69) is 5.32 Å². The zero-order chi connectivity index (χ0) is 13.5. The third-order valence-electron chi connectivity index (χ3n) is 3.57. The van der Waals surface area contributed by atoms with Crippen LogP contribution in [0.3, 0.4) is 0 Å². The van der Waals surface area contributed by atoms with Crippen molar-refractivity contribution in [3.8, 4) is 0 Å². The molecule has 1 aromatic rings. The summed E-state index contributed by atoms with van der Waals surface area (Å²) in [5.41, 5.74) is 6.92. The molecule has 0 unspecified atom stereocenters. The molecule has 0 spiro atoms. The highest BCUT2D eigenvalue weighted by molar-refractivity contribution is 5.67. The molecule has 4 nitrogen and oxygen atoms in total. The van der Waals surface area contributed by atoms with Gasteiger partial charge in [-0.05, 0) is 30.7 Å². The van der Waals surface area contributed by atoms with E-state index in [9.17, 15) is 4.79 Å². The van der Waals surface area contributed by atoms with Crippen LogP contribution in [0.5, 0.6) is 0 Å². The van der Waals surface area contributed by atoms with Gasteiger partial charge in [0.25, 0.3) is 0 Å². The van der Waals surface area contributed by atoms with Crippen LogP contribution in [0.1, 0.15) is 31.2 Å². The maximum absolute atomic E-state index is 11.6. The Morgan fingerprint density at radius 3 is 2.84 bits per heavy atom. The third kappa shape index (κ3) is 4.91. The van der Waals surface area contributed by atoms with Crippen LogP contribution in [0.15, 0.2) is 30.3 Å². The summed E-state index contributed by atoms with van der Waals surface area (Å²) in [7, 11) is 0. The Morgan fingerprint density at radius 1 is 1.32 bits per heavy atom. The monoisotopic (exact) mass is 262 g/mol. The number of benzene rings is 1. The molecule has 0 aliphatic heterocycles. The highest BCUT2D eigenvalue weighted by Crippen LogP contribution is 2.22. The Kier molecular flexibility index (Phi) is 5.21. The van der Waals surface area contributed by atoms with Gasteiger partial charge in [-0.25, -0.2) is 4.79 Å². The molecule has 4 heteroatoms. The summed E-state index contributed by atoms with van der Waals surface area (Å²) < 4.78 is 5.16. The first kappa shape index (κ1) is 13.9. The molecule has 1 aliphatic carbocycles. The van der Waals surface area contributed by atoms with Gasteiger partial charge in [0.05, 0.1) is 0 Å². The quantitative estimate of drug-likeness (QED) is 0.876. The number of ether oxygens (including phenoxy) is 1. The summed E-state index contributed by atoms with van der Waals surface area (Å²) in [5, 5.41) is 2.83. The summed E-state index contributed by atoms with van der Waals surface area (Å²) in [6.07, 6.45) is 4.07. The smallest absolute Gasteiger partial charge is 0.407 e. The van der Waals surface area contributed by atoms with Gasteiger partial charge in [-0.2, -0.15) is 0 Å². The molecule has 1 aromatic carbocycles. The van der Waals surface area contributed by atoms with Gasteiger partial charge in [0, 0.05) is 12.6 Å². The van der Waals surface area contributed by atoms with Gasteiger partial charge in [0.15, 0.2) is 0 Å². The first-order valence-electron chi connectivity index (χ1n) is 6.94. The van der Waals surface area contributed by atoms with Crippen LogP contribution in [-0.4, -0.2) is 18.7 Å². The first-order chi connectivity index (χ1) is 9.24. The number of nitrogens with two attached hydrogens (primary N) is 1. The predicted molar refractivity (Wildman–Crippen MR) is 74.6 cm³/mol. The second-order valence-corrected chi connectivity index (χ2v) is 5.24. The standard InChI is InChI=1S/C15H22N2O2/c16-14-8-4-7-13(9-14)10-17-15(18)19-11-12-5-2-1-3-6-12/h1-3,5-6,13-14H,4,7-11,16H2,(H,17,18)/t13-,14-/m1/s1. The highest BCUT2D eigenvalue weighted by Gasteiger charge is 2.19. The molecule has 1 fully saturated rings. The predicted octanol–water partition coefficient (Wildman–Crippen LogP) is 2.43. The van der Waals surface area contributed by atoms with E-state index >= 15 is 0 Å². The Bertz CT molecular complexity index is 394. The number of hydrogen-bond donors (Lipinski definition) is 2. The summed E-state index contributed by atoms with van der Waals surface area (Å²) in [6.45, 7) is 0.984. The van der Waals surface area contributed by atoms with Crippen molar-refractivity contribution in [3.63, 3.8) is 0 Å². The average molecular weight is 262 g/mol. The van der Waals surface area contributed by atoms with Crippen molar-refractivity contribution in [2.75, 3.05) is 6.54 Å². The van der Waals surface area contributed by atoms with E-state index in [1.54, 1.807) is 0 Å². The van der Waals surface area contributed by atoms with Crippen molar-refractivity contribution in [2.24, 2.45) is 11.7 Å². The Labute approximate surface area is 114 Å². The Morgan fingerprint density at radius 2 is 2.11 bits per heavy atom. The van der Waals surface area contributed by atoms with Crippen LogP contribution in [0.25, 0.3) is 0 Å². The van der Waals surface area contributed by atoms with Crippen molar-refractivity contribution < 1.29 is 9.53 Å². The molecule has 19 heavy (non-hydrogen) atoms. The number of rotatable bonds is 4. The Hall–Kier alpha value is -1.55. The lowest BCUT2D eigenvalue weighted by Gasteiger charge is -2.26. The molecule has 0 heterocycles. The number of nitrogens with one attached hydrogen (secondary N) is 1. The molecular formula is C15H22N2O2. The second-order valence-electron chi connectivity index (χ2n) is 5.24. The summed E-state index contributed by atoms with van der Waals surface area (Å²) in [4.78, 5) is 11.6. The van der Waals surface area contributed by atoms with Crippen molar-refractivity contribution in [2.45, 2.75) is 38.3 Å². The minimum absolute atomic E-state index is 0.292. The Balaban J connectivity index is 1.64. The molecule has 3 N–H and O–H groups in total. The number of carbonyl (C=O) groups excluding carboxylic acids is 1. The van der Waals surface area contributed by atoms with Gasteiger partial charge < -0.3 is 15.8 Å². The third-order valence-corrected chi connectivity index (χ3v) is 3.57. The molecule has 2 atom stereocenters. The van der Waals surface area contributed by atoms with Crippen molar-refractivity contribution in [1.82, 2.24) is 5.32 Å². The molecule has 0 aromatic heterocycles. The zero-order valence-corrected chi connectivity index (χ0v) is 11.2. The fourth-order valence-electron chi connectivity index (χ4n) is 2.52. The van der Waals surface area contributed by atoms with Gasteiger partial charge in [-0.3, -0.25) is 0 Å². The average Bonchev–Trinajstić information content (AvgIpc) is 2.44. The molecule has 1 amide bonds. The molecule has 0 saturated heterocycles. The van der Waals surface area contributed by atoms with Crippen LogP contribution in [0.2, 0.25) is 0 Å². The first-order valence-corrected chi connectivity index (χ1v) is 6.94. The van der Waals surface area contributed by atoms with Gasteiger partial charge in [-0.1, -0.05) is 36.8 Å². The lowest BCUT2D eigenvalue weighted by Crippen LogP contribution is -2.35. The van der Waals surface area contributed by atoms with Crippen LogP contribution < -0.4 is 11.1 Å². The van der Waals surface area contributed by atoms with E-state index < -0.39 is 0 Å². The molecular weight excluding hydrogens is 240 g/mol. The van der Waals surface area contributed by atoms with E-state index in [4.69, 9.17) is 10.5 Å². The van der Waals surface area contributed by atoms with Crippen molar-refractivity contribution in [3.05, 3.63) is 35.9 Å². The van der Waals surface area contributed by atoms with Crippen LogP contribution in [-0.2, 0) is 11.3 Å². The number of alkyl carbamates (subject to hydrolysis) is 1. The topological polar surface area (TPSA) is 64.3 Å². The van der Waals surface area contributed by atoms with Crippen LogP contribution in [0.4, 0.5) is 4.79 Å². The maximum atomic E-state index is 11.6. The highest BCUT2D eigenvalue weighted by atomic mass is 16.5. The fourth-order valence-corrected chi connectivity index (χ4v) is 2.52. The minimum atomic E-state index is -0.344.